The first-order chi connectivity index (χ1) is 8.22. The highest BCUT2D eigenvalue weighted by molar-refractivity contribution is 5.98. The van der Waals surface area contributed by atoms with Gasteiger partial charge in [-0.3, -0.25) is 4.79 Å². The van der Waals surface area contributed by atoms with E-state index in [4.69, 9.17) is 10.5 Å². The van der Waals surface area contributed by atoms with Gasteiger partial charge in [-0.25, -0.2) is 0 Å². The van der Waals surface area contributed by atoms with Crippen LogP contribution in [0.5, 0.6) is 0 Å². The van der Waals surface area contributed by atoms with Crippen LogP contribution in [0.2, 0.25) is 0 Å². The quantitative estimate of drug-likeness (QED) is 0.792. The summed E-state index contributed by atoms with van der Waals surface area (Å²) in [6.45, 7) is 2.82. The summed E-state index contributed by atoms with van der Waals surface area (Å²) in [6, 6.07) is 4.87. The SMILES string of the molecule is NC(=O)c1cc(N2CCOCC2)ccc1N=O. The minimum absolute atomic E-state index is 0.0782. The number of carbonyl (C=O) groups is 1. The van der Waals surface area contributed by atoms with Gasteiger partial charge in [0, 0.05) is 18.8 Å². The van der Waals surface area contributed by atoms with Crippen molar-refractivity contribution in [1.82, 2.24) is 0 Å². The molecule has 0 bridgehead atoms. The first-order valence-electron chi connectivity index (χ1n) is 5.32. The lowest BCUT2D eigenvalue weighted by molar-refractivity contribution is 0.100. The first kappa shape index (κ1) is 11.5. The molecule has 0 unspecified atom stereocenters. The second-order valence-electron chi connectivity index (χ2n) is 3.76. The standard InChI is InChI=1S/C11H13N3O3/c12-11(15)9-7-8(1-2-10(9)13-16)14-3-5-17-6-4-14/h1-2,7H,3-6H2,(H2,12,15). The summed E-state index contributed by atoms with van der Waals surface area (Å²) in [4.78, 5) is 23.8. The lowest BCUT2D eigenvalue weighted by Crippen LogP contribution is -2.36. The number of amides is 1. The molecule has 0 aliphatic carbocycles. The summed E-state index contributed by atoms with van der Waals surface area (Å²) in [5.41, 5.74) is 6.30. The van der Waals surface area contributed by atoms with Gasteiger partial charge in [0.05, 0.1) is 18.8 Å². The van der Waals surface area contributed by atoms with Crippen molar-refractivity contribution in [1.29, 1.82) is 0 Å². The second-order valence-corrected chi connectivity index (χ2v) is 3.76. The Hall–Kier alpha value is -1.95. The van der Waals surface area contributed by atoms with Gasteiger partial charge >= 0.3 is 0 Å². The van der Waals surface area contributed by atoms with Crippen LogP contribution in [-0.4, -0.2) is 32.2 Å². The molecular weight excluding hydrogens is 222 g/mol. The van der Waals surface area contributed by atoms with Gasteiger partial charge in [0.1, 0.15) is 5.69 Å². The molecule has 6 nitrogen and oxygen atoms in total. The Morgan fingerprint density at radius 3 is 2.65 bits per heavy atom. The Morgan fingerprint density at radius 1 is 1.35 bits per heavy atom. The second kappa shape index (κ2) is 4.92. The van der Waals surface area contributed by atoms with Crippen molar-refractivity contribution >= 4 is 17.3 Å². The van der Waals surface area contributed by atoms with Crippen LogP contribution in [-0.2, 0) is 4.74 Å². The molecule has 2 N–H and O–H groups in total. The van der Waals surface area contributed by atoms with Crippen LogP contribution >= 0.6 is 0 Å². The number of anilines is 1. The maximum atomic E-state index is 11.2. The molecule has 1 heterocycles. The largest absolute Gasteiger partial charge is 0.378 e. The Bertz CT molecular complexity index is 442. The van der Waals surface area contributed by atoms with E-state index in [9.17, 15) is 9.70 Å². The van der Waals surface area contributed by atoms with Crippen LogP contribution in [0.15, 0.2) is 23.4 Å². The Balaban J connectivity index is 2.32. The zero-order valence-electron chi connectivity index (χ0n) is 9.26. The number of nitrogens with zero attached hydrogens (tertiary/aromatic N) is 2. The lowest BCUT2D eigenvalue weighted by atomic mass is 10.1. The highest BCUT2D eigenvalue weighted by Gasteiger charge is 2.15. The molecule has 0 aromatic heterocycles. The third-order valence-electron chi connectivity index (χ3n) is 2.72. The monoisotopic (exact) mass is 235 g/mol. The lowest BCUT2D eigenvalue weighted by Gasteiger charge is -2.29. The number of rotatable bonds is 3. The molecule has 2 rings (SSSR count). The average molecular weight is 235 g/mol. The molecule has 1 amide bonds. The number of hydrogen-bond donors (Lipinski definition) is 1. The number of nitroso groups, excluding NO2 is 1. The summed E-state index contributed by atoms with van der Waals surface area (Å²) in [6.07, 6.45) is 0. The van der Waals surface area contributed by atoms with Gasteiger partial charge in [0.15, 0.2) is 0 Å². The van der Waals surface area contributed by atoms with Crippen LogP contribution in [0.4, 0.5) is 11.4 Å². The summed E-state index contributed by atoms with van der Waals surface area (Å²) in [5, 5.41) is 2.78. The molecule has 1 aromatic carbocycles. The van der Waals surface area contributed by atoms with Gasteiger partial charge < -0.3 is 15.4 Å². The molecule has 0 spiro atoms. The van der Waals surface area contributed by atoms with E-state index in [2.05, 4.69) is 10.1 Å². The fourth-order valence-electron chi connectivity index (χ4n) is 1.82. The van der Waals surface area contributed by atoms with E-state index in [0.29, 0.717) is 13.2 Å². The summed E-state index contributed by atoms with van der Waals surface area (Å²) in [5.74, 6) is -0.644. The highest BCUT2D eigenvalue weighted by Crippen LogP contribution is 2.25. The van der Waals surface area contributed by atoms with Gasteiger partial charge in [-0.2, -0.15) is 0 Å². The van der Waals surface area contributed by atoms with E-state index in [1.807, 2.05) is 0 Å². The van der Waals surface area contributed by atoms with Crippen molar-refractivity contribution in [2.24, 2.45) is 10.9 Å². The van der Waals surface area contributed by atoms with Crippen LogP contribution in [0.1, 0.15) is 10.4 Å². The predicted molar refractivity (Wildman–Crippen MR) is 63.4 cm³/mol. The molecule has 0 radical (unpaired) electrons. The van der Waals surface area contributed by atoms with Crippen molar-refractivity contribution < 1.29 is 9.53 Å². The smallest absolute Gasteiger partial charge is 0.251 e. The molecule has 1 aliphatic rings. The Labute approximate surface area is 98.3 Å². The summed E-state index contributed by atoms with van der Waals surface area (Å²) in [7, 11) is 0. The van der Waals surface area contributed by atoms with Gasteiger partial charge in [0.2, 0.25) is 0 Å². The minimum Gasteiger partial charge on any atom is -0.378 e. The van der Waals surface area contributed by atoms with Crippen molar-refractivity contribution in [3.63, 3.8) is 0 Å². The molecule has 1 aliphatic heterocycles. The molecule has 90 valence electrons. The molecule has 0 saturated carbocycles. The molecule has 6 heteroatoms. The number of nitrogens with two attached hydrogens (primary N) is 1. The van der Waals surface area contributed by atoms with E-state index in [1.165, 1.54) is 6.07 Å². The molecule has 1 aromatic rings. The predicted octanol–water partition coefficient (Wildman–Crippen LogP) is 1.02. The van der Waals surface area contributed by atoms with E-state index in [-0.39, 0.29) is 11.3 Å². The van der Waals surface area contributed by atoms with Crippen molar-refractivity contribution in [3.8, 4) is 0 Å². The molecule has 17 heavy (non-hydrogen) atoms. The van der Waals surface area contributed by atoms with Crippen molar-refractivity contribution in [3.05, 3.63) is 28.7 Å². The van der Waals surface area contributed by atoms with E-state index in [0.717, 1.165) is 18.8 Å². The number of ether oxygens (including phenoxy) is 1. The topological polar surface area (TPSA) is 85.0 Å². The fraction of sp³-hybridized carbons (Fsp3) is 0.364. The average Bonchev–Trinajstić information content (AvgIpc) is 2.39. The first-order valence-corrected chi connectivity index (χ1v) is 5.32. The third kappa shape index (κ3) is 2.42. The molecule has 1 saturated heterocycles. The van der Waals surface area contributed by atoms with Gasteiger partial charge in [-0.1, -0.05) is 0 Å². The third-order valence-corrected chi connectivity index (χ3v) is 2.72. The van der Waals surface area contributed by atoms with E-state index >= 15 is 0 Å². The normalized spacial score (nSPS) is 15.6. The molecule has 1 fully saturated rings. The molecular formula is C11H13N3O3. The van der Waals surface area contributed by atoms with Crippen LogP contribution in [0, 0.1) is 4.91 Å². The minimum atomic E-state index is -0.644. The Morgan fingerprint density at radius 2 is 2.06 bits per heavy atom. The zero-order chi connectivity index (χ0) is 12.3. The zero-order valence-corrected chi connectivity index (χ0v) is 9.26. The van der Waals surface area contributed by atoms with Crippen molar-refractivity contribution in [2.45, 2.75) is 0 Å². The van der Waals surface area contributed by atoms with Crippen LogP contribution < -0.4 is 10.6 Å². The highest BCUT2D eigenvalue weighted by atomic mass is 16.5. The number of hydrogen-bond acceptors (Lipinski definition) is 5. The Kier molecular flexibility index (Phi) is 3.34. The maximum Gasteiger partial charge on any atom is 0.251 e. The number of carbonyl (C=O) groups excluding carboxylic acids is 1. The van der Waals surface area contributed by atoms with Gasteiger partial charge in [0.25, 0.3) is 5.91 Å². The molecule has 0 atom stereocenters. The van der Waals surface area contributed by atoms with Crippen molar-refractivity contribution in [2.75, 3.05) is 31.2 Å². The number of morpholine rings is 1. The summed E-state index contributed by atoms with van der Waals surface area (Å²) < 4.78 is 5.24. The van der Waals surface area contributed by atoms with Crippen LogP contribution in [0.3, 0.4) is 0 Å². The van der Waals surface area contributed by atoms with Gasteiger partial charge in [-0.15, -0.1) is 4.91 Å². The van der Waals surface area contributed by atoms with E-state index in [1.54, 1.807) is 12.1 Å². The van der Waals surface area contributed by atoms with E-state index < -0.39 is 5.91 Å². The van der Waals surface area contributed by atoms with Crippen LogP contribution in [0.25, 0.3) is 0 Å². The fourth-order valence-corrected chi connectivity index (χ4v) is 1.82. The van der Waals surface area contributed by atoms with Gasteiger partial charge in [-0.05, 0) is 23.4 Å². The maximum absolute atomic E-state index is 11.2. The number of benzene rings is 1. The number of primary amides is 1. The summed E-state index contributed by atoms with van der Waals surface area (Å²) >= 11 is 0.